The molecule has 0 saturated carbocycles. The van der Waals surface area contributed by atoms with Crippen molar-refractivity contribution in [1.29, 1.82) is 0 Å². The standard InChI is InChI=1S/C17H20N4O/c1-11-9-19-12(2)16(20-11)13-4-3-5-14(8-13)17(22)21-7-6-15(18)10-21/h3-5,8-9,15H,6-7,10,18H2,1-2H3. The monoisotopic (exact) mass is 296 g/mol. The SMILES string of the molecule is Cc1cnc(C)c(-c2cccc(C(=O)N3CCC(N)C3)c2)n1. The lowest BCUT2D eigenvalue weighted by Crippen LogP contribution is -2.31. The fourth-order valence-electron chi connectivity index (χ4n) is 2.76. The van der Waals surface area contributed by atoms with Crippen LogP contribution in [0.15, 0.2) is 30.5 Å². The zero-order valence-corrected chi connectivity index (χ0v) is 12.9. The third-order valence-electron chi connectivity index (χ3n) is 3.97. The average Bonchev–Trinajstić information content (AvgIpc) is 2.95. The van der Waals surface area contributed by atoms with Crippen LogP contribution in [-0.4, -0.2) is 39.9 Å². The number of carbonyl (C=O) groups excluding carboxylic acids is 1. The lowest BCUT2D eigenvalue weighted by molar-refractivity contribution is 0.0791. The first kappa shape index (κ1) is 14.7. The molecule has 2 heterocycles. The lowest BCUT2D eigenvalue weighted by Gasteiger charge is -2.16. The summed E-state index contributed by atoms with van der Waals surface area (Å²) >= 11 is 0. The minimum atomic E-state index is 0.0352. The van der Waals surface area contributed by atoms with Gasteiger partial charge in [-0.3, -0.25) is 9.78 Å². The van der Waals surface area contributed by atoms with E-state index in [0.717, 1.165) is 35.6 Å². The fourth-order valence-corrected chi connectivity index (χ4v) is 2.76. The molecule has 1 atom stereocenters. The van der Waals surface area contributed by atoms with E-state index in [1.807, 2.05) is 43.0 Å². The minimum absolute atomic E-state index is 0.0352. The van der Waals surface area contributed by atoms with Gasteiger partial charge < -0.3 is 10.6 Å². The molecule has 3 rings (SSSR count). The molecule has 1 aromatic heterocycles. The van der Waals surface area contributed by atoms with Crippen LogP contribution in [0.4, 0.5) is 0 Å². The quantitative estimate of drug-likeness (QED) is 0.919. The first-order valence-corrected chi connectivity index (χ1v) is 7.50. The maximum atomic E-state index is 12.6. The van der Waals surface area contributed by atoms with Crippen LogP contribution in [0, 0.1) is 13.8 Å². The number of carbonyl (C=O) groups is 1. The third kappa shape index (κ3) is 2.85. The predicted octanol–water partition coefficient (Wildman–Crippen LogP) is 1.93. The van der Waals surface area contributed by atoms with Gasteiger partial charge in [0.2, 0.25) is 0 Å². The number of aryl methyl sites for hydroxylation is 2. The van der Waals surface area contributed by atoms with E-state index in [4.69, 9.17) is 5.73 Å². The molecule has 1 unspecified atom stereocenters. The molecule has 5 heteroatoms. The summed E-state index contributed by atoms with van der Waals surface area (Å²) in [5.74, 6) is 0.0352. The molecule has 5 nitrogen and oxygen atoms in total. The zero-order chi connectivity index (χ0) is 15.7. The molecule has 0 bridgehead atoms. The van der Waals surface area contributed by atoms with Crippen LogP contribution in [0.3, 0.4) is 0 Å². The summed E-state index contributed by atoms with van der Waals surface area (Å²) in [6.07, 6.45) is 2.62. The summed E-state index contributed by atoms with van der Waals surface area (Å²) in [7, 11) is 0. The molecule has 0 spiro atoms. The van der Waals surface area contributed by atoms with Crippen molar-refractivity contribution in [3.8, 4) is 11.3 Å². The molecule has 114 valence electrons. The van der Waals surface area contributed by atoms with Gasteiger partial charge in [-0.15, -0.1) is 0 Å². The smallest absolute Gasteiger partial charge is 0.253 e. The molecule has 1 fully saturated rings. The van der Waals surface area contributed by atoms with Crippen molar-refractivity contribution in [2.75, 3.05) is 13.1 Å². The van der Waals surface area contributed by atoms with E-state index < -0.39 is 0 Å². The Morgan fingerprint density at radius 3 is 2.91 bits per heavy atom. The van der Waals surface area contributed by atoms with Crippen LogP contribution in [0.5, 0.6) is 0 Å². The number of nitrogens with zero attached hydrogens (tertiary/aromatic N) is 3. The molecule has 2 aromatic rings. The van der Waals surface area contributed by atoms with E-state index >= 15 is 0 Å². The van der Waals surface area contributed by atoms with Crippen LogP contribution in [0.2, 0.25) is 0 Å². The highest BCUT2D eigenvalue weighted by atomic mass is 16.2. The van der Waals surface area contributed by atoms with Crippen molar-refractivity contribution < 1.29 is 4.79 Å². The molecule has 2 N–H and O–H groups in total. The number of aromatic nitrogens is 2. The Hall–Kier alpha value is -2.27. The topological polar surface area (TPSA) is 72.1 Å². The van der Waals surface area contributed by atoms with E-state index in [1.165, 1.54) is 0 Å². The van der Waals surface area contributed by atoms with Gasteiger partial charge in [0.05, 0.1) is 17.1 Å². The van der Waals surface area contributed by atoms with Gasteiger partial charge in [0.15, 0.2) is 0 Å². The number of hydrogen-bond donors (Lipinski definition) is 1. The predicted molar refractivity (Wildman–Crippen MR) is 85.4 cm³/mol. The molecule has 1 aliphatic heterocycles. The van der Waals surface area contributed by atoms with Crippen LogP contribution >= 0.6 is 0 Å². The molecular weight excluding hydrogens is 276 g/mol. The summed E-state index contributed by atoms with van der Waals surface area (Å²) in [4.78, 5) is 23.3. The second-order valence-electron chi connectivity index (χ2n) is 5.83. The summed E-state index contributed by atoms with van der Waals surface area (Å²) in [6.45, 7) is 5.20. The van der Waals surface area contributed by atoms with Crippen molar-refractivity contribution in [2.24, 2.45) is 5.73 Å². The number of rotatable bonds is 2. The Morgan fingerprint density at radius 1 is 1.36 bits per heavy atom. The van der Waals surface area contributed by atoms with Gasteiger partial charge >= 0.3 is 0 Å². The molecular formula is C17H20N4O. The van der Waals surface area contributed by atoms with E-state index in [2.05, 4.69) is 9.97 Å². The highest BCUT2D eigenvalue weighted by Crippen LogP contribution is 2.22. The Kier molecular flexibility index (Phi) is 3.90. The number of hydrogen-bond acceptors (Lipinski definition) is 4. The molecule has 0 aliphatic carbocycles. The number of likely N-dealkylation sites (tertiary alicyclic amines) is 1. The molecule has 1 amide bonds. The highest BCUT2D eigenvalue weighted by Gasteiger charge is 2.24. The fraction of sp³-hybridized carbons (Fsp3) is 0.353. The van der Waals surface area contributed by atoms with Crippen LogP contribution in [-0.2, 0) is 0 Å². The maximum absolute atomic E-state index is 12.6. The van der Waals surface area contributed by atoms with Gasteiger partial charge in [0.1, 0.15) is 0 Å². The summed E-state index contributed by atoms with van der Waals surface area (Å²) < 4.78 is 0. The van der Waals surface area contributed by atoms with Crippen molar-refractivity contribution in [1.82, 2.24) is 14.9 Å². The number of amides is 1. The minimum Gasteiger partial charge on any atom is -0.337 e. The largest absolute Gasteiger partial charge is 0.337 e. The van der Waals surface area contributed by atoms with Gasteiger partial charge in [-0.25, -0.2) is 4.98 Å². The Balaban J connectivity index is 1.93. The van der Waals surface area contributed by atoms with Gasteiger partial charge in [-0.2, -0.15) is 0 Å². The lowest BCUT2D eigenvalue weighted by atomic mass is 10.1. The van der Waals surface area contributed by atoms with E-state index in [9.17, 15) is 4.79 Å². The number of nitrogens with two attached hydrogens (primary N) is 1. The van der Waals surface area contributed by atoms with Crippen molar-refractivity contribution in [3.63, 3.8) is 0 Å². The molecule has 1 saturated heterocycles. The summed E-state index contributed by atoms with van der Waals surface area (Å²) in [6, 6.07) is 7.68. The van der Waals surface area contributed by atoms with Gasteiger partial charge in [-0.1, -0.05) is 12.1 Å². The van der Waals surface area contributed by atoms with Crippen LogP contribution < -0.4 is 5.73 Å². The van der Waals surface area contributed by atoms with Crippen molar-refractivity contribution in [3.05, 3.63) is 47.4 Å². The van der Waals surface area contributed by atoms with E-state index in [0.29, 0.717) is 12.1 Å². The normalized spacial score (nSPS) is 17.8. The second kappa shape index (κ2) is 5.85. The first-order valence-electron chi connectivity index (χ1n) is 7.50. The summed E-state index contributed by atoms with van der Waals surface area (Å²) in [5, 5.41) is 0. The molecule has 1 aliphatic rings. The first-order chi connectivity index (χ1) is 10.5. The van der Waals surface area contributed by atoms with E-state index in [1.54, 1.807) is 6.20 Å². The highest BCUT2D eigenvalue weighted by molar-refractivity contribution is 5.95. The Labute approximate surface area is 130 Å². The van der Waals surface area contributed by atoms with Crippen molar-refractivity contribution in [2.45, 2.75) is 26.3 Å². The molecule has 22 heavy (non-hydrogen) atoms. The molecule has 1 aromatic carbocycles. The summed E-state index contributed by atoms with van der Waals surface area (Å²) in [5.41, 5.74) is 10.0. The molecule has 0 radical (unpaired) electrons. The van der Waals surface area contributed by atoms with Gasteiger partial charge in [-0.05, 0) is 32.4 Å². The van der Waals surface area contributed by atoms with E-state index in [-0.39, 0.29) is 11.9 Å². The van der Waals surface area contributed by atoms with Gasteiger partial charge in [0.25, 0.3) is 5.91 Å². The Morgan fingerprint density at radius 2 is 2.18 bits per heavy atom. The van der Waals surface area contributed by atoms with Crippen molar-refractivity contribution >= 4 is 5.91 Å². The third-order valence-corrected chi connectivity index (χ3v) is 3.97. The van der Waals surface area contributed by atoms with Crippen LogP contribution in [0.1, 0.15) is 28.2 Å². The second-order valence-corrected chi connectivity index (χ2v) is 5.83. The zero-order valence-electron chi connectivity index (χ0n) is 12.9. The number of benzene rings is 1. The maximum Gasteiger partial charge on any atom is 0.253 e. The van der Waals surface area contributed by atoms with Gasteiger partial charge in [0, 0.05) is 36.5 Å². The average molecular weight is 296 g/mol. The Bertz CT molecular complexity index is 714. The van der Waals surface area contributed by atoms with Crippen LogP contribution in [0.25, 0.3) is 11.3 Å².